The third-order valence-electron chi connectivity index (χ3n) is 11.6. The first-order valence-electron chi connectivity index (χ1n) is 19.7. The molecular formula is C53H27F6N5. The highest BCUT2D eigenvalue weighted by Crippen LogP contribution is 2.48. The summed E-state index contributed by atoms with van der Waals surface area (Å²) in [6.45, 7) is 23.6. The standard InChI is InChI=1S/C53H27F6N5/c1-60-36-12-8-10-31(24-36)33-18-21-41-39-14-4-6-16-46(39)63(48(41)26-33)50-29-43(38-23-20-35(52(54,55)56)28-44(38)53(57,58)59)45(62-3)30-51(50)64-47-17-7-5-15-40(47)42-22-19-34(27-49(42)64)32-11-9-13-37(25-32)61-2/h4-30H. The van der Waals surface area contributed by atoms with Crippen molar-refractivity contribution in [2.75, 3.05) is 0 Å². The minimum absolute atomic E-state index is 0.0954. The molecule has 0 saturated heterocycles. The van der Waals surface area contributed by atoms with E-state index in [1.807, 2.05) is 106 Å². The van der Waals surface area contributed by atoms with Crippen LogP contribution in [0, 0.1) is 19.7 Å². The van der Waals surface area contributed by atoms with Crippen LogP contribution >= 0.6 is 0 Å². The van der Waals surface area contributed by atoms with Crippen molar-refractivity contribution in [1.29, 1.82) is 0 Å². The van der Waals surface area contributed by atoms with Crippen LogP contribution in [-0.2, 0) is 12.4 Å². The van der Waals surface area contributed by atoms with Crippen molar-refractivity contribution in [3.8, 4) is 44.8 Å². The highest BCUT2D eigenvalue weighted by molar-refractivity contribution is 6.13. The Morgan fingerprint density at radius 3 is 1.34 bits per heavy atom. The average Bonchev–Trinajstić information content (AvgIpc) is 3.82. The zero-order chi connectivity index (χ0) is 44.5. The lowest BCUT2D eigenvalue weighted by atomic mass is 9.94. The van der Waals surface area contributed by atoms with E-state index >= 15 is 0 Å². The van der Waals surface area contributed by atoms with Gasteiger partial charge in [0.2, 0.25) is 0 Å². The van der Waals surface area contributed by atoms with Crippen molar-refractivity contribution in [2.45, 2.75) is 12.4 Å². The van der Waals surface area contributed by atoms with Gasteiger partial charge in [-0.3, -0.25) is 0 Å². The molecule has 0 aliphatic heterocycles. The Balaban J connectivity index is 1.37. The van der Waals surface area contributed by atoms with Gasteiger partial charge in [-0.15, -0.1) is 0 Å². The fourth-order valence-electron chi connectivity index (χ4n) is 8.75. The third kappa shape index (κ3) is 6.48. The Bertz CT molecular complexity index is 3700. The van der Waals surface area contributed by atoms with Crippen molar-refractivity contribution in [2.24, 2.45) is 0 Å². The highest BCUT2D eigenvalue weighted by atomic mass is 19.4. The van der Waals surface area contributed by atoms with E-state index in [1.54, 1.807) is 36.4 Å². The first-order valence-corrected chi connectivity index (χ1v) is 19.7. The summed E-state index contributed by atoms with van der Waals surface area (Å²) in [4.78, 5) is 11.0. The predicted octanol–water partition coefficient (Wildman–Crippen LogP) is 16.6. The summed E-state index contributed by atoms with van der Waals surface area (Å²) in [7, 11) is 0. The second-order valence-electron chi connectivity index (χ2n) is 15.2. The van der Waals surface area contributed by atoms with Crippen molar-refractivity contribution in [3.63, 3.8) is 0 Å². The second-order valence-corrected chi connectivity index (χ2v) is 15.2. The molecule has 0 aliphatic rings. The Morgan fingerprint density at radius 2 is 0.859 bits per heavy atom. The van der Waals surface area contributed by atoms with E-state index in [9.17, 15) is 26.3 Å². The number of fused-ring (bicyclic) bond motifs is 6. The SMILES string of the molecule is [C-]#[N+]c1cccc(-c2ccc3c4ccccc4n(-c4cc([N+]#[C-])c(-c5ccc(C(F)(F)F)cc5C(F)(F)F)cc4-n4c5ccccc5c5ccc(-c6cccc([N+]#[C-])c6)cc54)c3c2)c1. The molecule has 0 fully saturated rings. The van der Waals surface area contributed by atoms with E-state index in [-0.39, 0.29) is 17.3 Å². The molecule has 10 aromatic rings. The van der Waals surface area contributed by atoms with Crippen LogP contribution < -0.4 is 0 Å². The van der Waals surface area contributed by atoms with Gasteiger partial charge in [-0.1, -0.05) is 103 Å². The molecule has 0 spiro atoms. The van der Waals surface area contributed by atoms with Crippen LogP contribution in [-0.4, -0.2) is 9.13 Å². The molecule has 0 N–H and O–H groups in total. The van der Waals surface area contributed by atoms with Gasteiger partial charge in [0.05, 0.1) is 64.3 Å². The van der Waals surface area contributed by atoms with Gasteiger partial charge in [-0.25, -0.2) is 14.5 Å². The van der Waals surface area contributed by atoms with E-state index in [2.05, 4.69) is 14.5 Å². The Hall–Kier alpha value is -8.59. The first-order chi connectivity index (χ1) is 30.9. The highest BCUT2D eigenvalue weighted by Gasteiger charge is 2.39. The summed E-state index contributed by atoms with van der Waals surface area (Å²) in [5, 5.41) is 3.31. The van der Waals surface area contributed by atoms with Crippen LogP contribution in [0.3, 0.4) is 0 Å². The molecule has 306 valence electrons. The second kappa shape index (κ2) is 14.8. The van der Waals surface area contributed by atoms with Crippen molar-refractivity contribution >= 4 is 60.7 Å². The van der Waals surface area contributed by atoms with Gasteiger partial charge < -0.3 is 9.13 Å². The summed E-state index contributed by atoms with van der Waals surface area (Å²) >= 11 is 0. The molecule has 0 unspecified atom stereocenters. The zero-order valence-corrected chi connectivity index (χ0v) is 33.1. The molecule has 11 heteroatoms. The van der Waals surface area contributed by atoms with Gasteiger partial charge in [-0.2, -0.15) is 26.3 Å². The lowest BCUT2D eigenvalue weighted by Gasteiger charge is -2.22. The van der Waals surface area contributed by atoms with Gasteiger partial charge >= 0.3 is 12.4 Å². The van der Waals surface area contributed by atoms with Crippen LogP contribution in [0.4, 0.5) is 43.4 Å². The van der Waals surface area contributed by atoms with E-state index in [0.29, 0.717) is 45.4 Å². The van der Waals surface area contributed by atoms with Crippen LogP contribution in [0.2, 0.25) is 0 Å². The number of hydrogen-bond acceptors (Lipinski definition) is 0. The number of para-hydroxylation sites is 2. The summed E-state index contributed by atoms with van der Waals surface area (Å²) in [5.41, 5.74) is 3.46. The van der Waals surface area contributed by atoms with Crippen LogP contribution in [0.25, 0.3) is 103 Å². The molecule has 0 aliphatic carbocycles. The fourth-order valence-corrected chi connectivity index (χ4v) is 8.75. The van der Waals surface area contributed by atoms with Crippen LogP contribution in [0.1, 0.15) is 11.1 Å². The molecule has 0 amide bonds. The van der Waals surface area contributed by atoms with E-state index in [4.69, 9.17) is 19.7 Å². The summed E-state index contributed by atoms with van der Waals surface area (Å²) in [5.74, 6) is 0. The van der Waals surface area contributed by atoms with Gasteiger partial charge in [0, 0.05) is 21.5 Å². The molecule has 0 bridgehead atoms. The topological polar surface area (TPSA) is 22.9 Å². The monoisotopic (exact) mass is 847 g/mol. The lowest BCUT2D eigenvalue weighted by molar-refractivity contribution is -0.142. The maximum atomic E-state index is 15.0. The number of rotatable bonds is 5. The van der Waals surface area contributed by atoms with Gasteiger partial charge in [0.15, 0.2) is 17.1 Å². The molecule has 10 rings (SSSR count). The first kappa shape index (κ1) is 39.5. The molecule has 0 saturated carbocycles. The number of hydrogen-bond donors (Lipinski definition) is 0. The molecule has 5 nitrogen and oxygen atoms in total. The number of nitrogens with zero attached hydrogens (tertiary/aromatic N) is 5. The van der Waals surface area contributed by atoms with Crippen molar-refractivity contribution in [3.05, 3.63) is 209 Å². The maximum absolute atomic E-state index is 15.0. The molecule has 0 radical (unpaired) electrons. The van der Waals surface area contributed by atoms with Gasteiger partial charge in [0.25, 0.3) is 0 Å². The third-order valence-corrected chi connectivity index (χ3v) is 11.6. The Labute approximate surface area is 361 Å². The zero-order valence-electron chi connectivity index (χ0n) is 33.1. The van der Waals surface area contributed by atoms with E-state index in [1.165, 1.54) is 12.1 Å². The summed E-state index contributed by atoms with van der Waals surface area (Å²) < 4.78 is 90.7. The minimum Gasteiger partial charge on any atom is -0.308 e. The summed E-state index contributed by atoms with van der Waals surface area (Å²) in [6.07, 6.45) is -10.3. The summed E-state index contributed by atoms with van der Waals surface area (Å²) in [6, 6.07) is 45.7. The molecule has 2 heterocycles. The Kier molecular flexibility index (Phi) is 9.14. The molecular weight excluding hydrogens is 821 g/mol. The van der Waals surface area contributed by atoms with Crippen molar-refractivity contribution < 1.29 is 26.3 Å². The molecule has 2 aromatic heterocycles. The van der Waals surface area contributed by atoms with E-state index < -0.39 is 29.0 Å². The Morgan fingerprint density at radius 1 is 0.375 bits per heavy atom. The number of aromatic nitrogens is 2. The van der Waals surface area contributed by atoms with Crippen LogP contribution in [0.15, 0.2) is 164 Å². The quantitative estimate of drug-likeness (QED) is 0.122. The molecule has 64 heavy (non-hydrogen) atoms. The normalized spacial score (nSPS) is 11.9. The lowest BCUT2D eigenvalue weighted by Crippen LogP contribution is -2.12. The molecule has 8 aromatic carbocycles. The number of halogens is 6. The number of alkyl halides is 6. The maximum Gasteiger partial charge on any atom is 0.416 e. The molecule has 0 atom stereocenters. The van der Waals surface area contributed by atoms with Crippen molar-refractivity contribution in [1.82, 2.24) is 9.13 Å². The average molecular weight is 848 g/mol. The largest absolute Gasteiger partial charge is 0.416 e. The number of benzene rings is 8. The minimum atomic E-state index is -5.22. The fraction of sp³-hybridized carbons (Fsp3) is 0.0377. The predicted molar refractivity (Wildman–Crippen MR) is 240 cm³/mol. The van der Waals surface area contributed by atoms with E-state index in [0.717, 1.165) is 55.4 Å². The van der Waals surface area contributed by atoms with Gasteiger partial charge in [-0.05, 0) is 94.0 Å². The van der Waals surface area contributed by atoms with Crippen LogP contribution in [0.5, 0.6) is 0 Å². The van der Waals surface area contributed by atoms with Gasteiger partial charge in [0.1, 0.15) is 0 Å². The smallest absolute Gasteiger partial charge is 0.308 e.